The van der Waals surface area contributed by atoms with Gasteiger partial charge in [-0.25, -0.2) is 23.5 Å². The lowest BCUT2D eigenvalue weighted by molar-refractivity contribution is 0.0187. The predicted molar refractivity (Wildman–Crippen MR) is 159 cm³/mol. The lowest BCUT2D eigenvalue weighted by Gasteiger charge is -2.29. The lowest BCUT2D eigenvalue weighted by atomic mass is 10.0. The molecule has 0 unspecified atom stereocenters. The van der Waals surface area contributed by atoms with Crippen molar-refractivity contribution in [2.75, 3.05) is 30.8 Å². The second-order valence-corrected chi connectivity index (χ2v) is 12.0. The number of benzene rings is 2. The lowest BCUT2D eigenvalue weighted by Crippen LogP contribution is -2.42. The summed E-state index contributed by atoms with van der Waals surface area (Å²) in [5.74, 6) is -0.928. The predicted octanol–water partition coefficient (Wildman–Crippen LogP) is 6.68. The molecule has 228 valence electrons. The van der Waals surface area contributed by atoms with E-state index in [4.69, 9.17) is 9.47 Å². The number of anilines is 2. The van der Waals surface area contributed by atoms with Crippen LogP contribution in [0.2, 0.25) is 0 Å². The molecular formula is C32H37F2N5O4. The summed E-state index contributed by atoms with van der Waals surface area (Å²) in [6, 6.07) is 6.87. The molecule has 1 atom stereocenters. The van der Waals surface area contributed by atoms with Crippen molar-refractivity contribution >= 4 is 23.5 Å². The molecule has 0 bridgehead atoms. The Morgan fingerprint density at radius 2 is 1.86 bits per heavy atom. The van der Waals surface area contributed by atoms with Gasteiger partial charge >= 0.3 is 6.09 Å². The third kappa shape index (κ3) is 6.87. The van der Waals surface area contributed by atoms with Crippen LogP contribution in [0.15, 0.2) is 36.7 Å². The molecule has 43 heavy (non-hydrogen) atoms. The van der Waals surface area contributed by atoms with Crippen molar-refractivity contribution in [3.63, 3.8) is 0 Å². The highest BCUT2D eigenvalue weighted by atomic mass is 19.1. The van der Waals surface area contributed by atoms with E-state index in [2.05, 4.69) is 20.6 Å². The number of hydrogen-bond donors (Lipinski definition) is 2. The fraction of sp³-hybridized carbons (Fsp3) is 0.438. The molecule has 2 N–H and O–H groups in total. The Kier molecular flexibility index (Phi) is 8.52. The average Bonchev–Trinajstić information content (AvgIpc) is 3.69. The van der Waals surface area contributed by atoms with Gasteiger partial charge in [-0.15, -0.1) is 0 Å². The maximum absolute atomic E-state index is 15.0. The number of carbonyl (C=O) groups excluding carboxylic acids is 2. The summed E-state index contributed by atoms with van der Waals surface area (Å²) < 4.78 is 41.6. The van der Waals surface area contributed by atoms with Crippen LogP contribution in [-0.2, 0) is 4.74 Å². The molecule has 5 rings (SSSR count). The Morgan fingerprint density at radius 3 is 2.53 bits per heavy atom. The maximum atomic E-state index is 15.0. The first kappa shape index (κ1) is 30.2. The molecule has 1 saturated heterocycles. The van der Waals surface area contributed by atoms with Gasteiger partial charge < -0.3 is 25.0 Å². The van der Waals surface area contributed by atoms with Crippen LogP contribution in [0.4, 0.5) is 25.1 Å². The molecule has 0 spiro atoms. The van der Waals surface area contributed by atoms with Crippen molar-refractivity contribution in [1.29, 1.82) is 0 Å². The first-order valence-corrected chi connectivity index (χ1v) is 14.5. The monoisotopic (exact) mass is 593 g/mol. The van der Waals surface area contributed by atoms with Gasteiger partial charge in [0.1, 0.15) is 35.9 Å². The highest BCUT2D eigenvalue weighted by Gasteiger charge is 2.33. The molecule has 11 heteroatoms. The quantitative estimate of drug-likeness (QED) is 0.300. The van der Waals surface area contributed by atoms with E-state index < -0.39 is 29.2 Å². The first-order chi connectivity index (χ1) is 20.4. The van der Waals surface area contributed by atoms with Gasteiger partial charge in [0.2, 0.25) is 0 Å². The van der Waals surface area contributed by atoms with Gasteiger partial charge in [0, 0.05) is 24.8 Å². The Morgan fingerprint density at radius 1 is 1.09 bits per heavy atom. The normalized spacial score (nSPS) is 16.6. The Balaban J connectivity index is 1.40. The van der Waals surface area contributed by atoms with E-state index in [1.807, 2.05) is 20.8 Å². The van der Waals surface area contributed by atoms with Crippen LogP contribution in [-0.4, -0.2) is 58.7 Å². The van der Waals surface area contributed by atoms with Gasteiger partial charge in [0.15, 0.2) is 11.6 Å². The fourth-order valence-corrected chi connectivity index (χ4v) is 5.26. The summed E-state index contributed by atoms with van der Waals surface area (Å²) in [6.45, 7) is 7.86. The Labute approximate surface area is 250 Å². The summed E-state index contributed by atoms with van der Waals surface area (Å²) in [5, 5.41) is 5.65. The molecule has 2 fully saturated rings. The number of hydrogen-bond acceptors (Lipinski definition) is 7. The Hall–Kier alpha value is -4.28. The number of likely N-dealkylation sites (tertiary alicyclic amines) is 1. The molecular weight excluding hydrogens is 556 g/mol. The molecule has 1 aliphatic heterocycles. The number of amides is 2. The smallest absolute Gasteiger partial charge is 0.410 e. The van der Waals surface area contributed by atoms with E-state index in [1.54, 1.807) is 24.9 Å². The SMILES string of the molecule is CNc1ncnc(-c2cc(F)cc(NC(=O)c3ccc(C4CC4)cc3F)c2C)c1OC[C@@H]1CCCN1C(=O)OC(C)(C)C. The van der Waals surface area contributed by atoms with Crippen molar-refractivity contribution in [2.24, 2.45) is 0 Å². The van der Waals surface area contributed by atoms with Crippen molar-refractivity contribution in [2.45, 2.75) is 70.9 Å². The highest BCUT2D eigenvalue weighted by Crippen LogP contribution is 2.41. The highest BCUT2D eigenvalue weighted by molar-refractivity contribution is 6.05. The molecule has 0 radical (unpaired) electrons. The van der Waals surface area contributed by atoms with E-state index in [0.717, 1.165) is 31.2 Å². The van der Waals surface area contributed by atoms with Crippen molar-refractivity contribution in [3.05, 3.63) is 65.0 Å². The van der Waals surface area contributed by atoms with Crippen LogP contribution in [0, 0.1) is 18.6 Å². The zero-order valence-electron chi connectivity index (χ0n) is 25.1. The van der Waals surface area contributed by atoms with Crippen LogP contribution in [0.3, 0.4) is 0 Å². The van der Waals surface area contributed by atoms with Gasteiger partial charge in [-0.05, 0) is 94.7 Å². The van der Waals surface area contributed by atoms with Crippen LogP contribution >= 0.6 is 0 Å². The molecule has 1 saturated carbocycles. The number of nitrogens with zero attached hydrogens (tertiary/aromatic N) is 3. The summed E-state index contributed by atoms with van der Waals surface area (Å²) in [5.41, 5.74) is 1.47. The van der Waals surface area contributed by atoms with Crippen molar-refractivity contribution in [3.8, 4) is 17.0 Å². The number of rotatable bonds is 8. The minimum atomic E-state index is -0.682. The Bertz CT molecular complexity index is 1540. The maximum Gasteiger partial charge on any atom is 0.410 e. The molecule has 2 aromatic carbocycles. The molecule has 1 aromatic heterocycles. The summed E-state index contributed by atoms with van der Waals surface area (Å²) in [6.07, 6.45) is 4.49. The van der Waals surface area contributed by atoms with Gasteiger partial charge in [-0.1, -0.05) is 6.07 Å². The van der Waals surface area contributed by atoms with Gasteiger partial charge in [-0.2, -0.15) is 0 Å². The number of carbonyl (C=O) groups is 2. The summed E-state index contributed by atoms with van der Waals surface area (Å²) >= 11 is 0. The van der Waals surface area contributed by atoms with E-state index >= 15 is 4.39 Å². The standard InChI is InChI=1S/C32H37F2N5O4/c1-18-24(14-21(33)15-26(18)38-30(40)23-11-10-20(13-25(23)34)19-8-9-19)27-28(29(35-5)37-17-36-27)42-16-22-7-6-12-39(22)31(41)43-32(2,3)4/h10-11,13-15,17,19,22H,6-9,12,16H2,1-5H3,(H,38,40)(H,35,36,37)/t22-/m0/s1. The third-order valence-corrected chi connectivity index (χ3v) is 7.63. The zero-order chi connectivity index (χ0) is 30.9. The number of aromatic nitrogens is 2. The van der Waals surface area contributed by atoms with Crippen LogP contribution in [0.1, 0.15) is 73.9 Å². The molecule has 2 heterocycles. The van der Waals surface area contributed by atoms with Gasteiger partial charge in [-0.3, -0.25) is 4.79 Å². The first-order valence-electron chi connectivity index (χ1n) is 14.5. The minimum Gasteiger partial charge on any atom is -0.485 e. The average molecular weight is 594 g/mol. The van der Waals surface area contributed by atoms with Gasteiger partial charge in [0.05, 0.1) is 11.6 Å². The largest absolute Gasteiger partial charge is 0.485 e. The third-order valence-electron chi connectivity index (χ3n) is 7.63. The van der Waals surface area contributed by atoms with Crippen molar-refractivity contribution in [1.82, 2.24) is 14.9 Å². The number of nitrogens with one attached hydrogen (secondary N) is 2. The summed E-state index contributed by atoms with van der Waals surface area (Å²) in [7, 11) is 1.68. The summed E-state index contributed by atoms with van der Waals surface area (Å²) in [4.78, 5) is 36.2. The molecule has 2 amide bonds. The molecule has 9 nitrogen and oxygen atoms in total. The van der Waals surface area contributed by atoms with Gasteiger partial charge in [0.25, 0.3) is 5.91 Å². The minimum absolute atomic E-state index is 0.121. The van der Waals surface area contributed by atoms with Crippen molar-refractivity contribution < 1.29 is 27.8 Å². The molecule has 3 aromatic rings. The number of halogens is 2. The molecule has 2 aliphatic rings. The fourth-order valence-electron chi connectivity index (χ4n) is 5.26. The van der Waals surface area contributed by atoms with E-state index in [0.29, 0.717) is 35.1 Å². The second-order valence-electron chi connectivity index (χ2n) is 12.0. The van der Waals surface area contributed by atoms with E-state index in [9.17, 15) is 14.0 Å². The number of ether oxygens (including phenoxy) is 2. The van der Waals surface area contributed by atoms with Crippen LogP contribution < -0.4 is 15.4 Å². The van der Waals surface area contributed by atoms with E-state index in [-0.39, 0.29) is 29.6 Å². The topological polar surface area (TPSA) is 106 Å². The molecule has 1 aliphatic carbocycles. The second kappa shape index (κ2) is 12.1. The van der Waals surface area contributed by atoms with Crippen LogP contribution in [0.25, 0.3) is 11.3 Å². The van der Waals surface area contributed by atoms with E-state index in [1.165, 1.54) is 30.6 Å². The zero-order valence-corrected chi connectivity index (χ0v) is 25.1. The van der Waals surface area contributed by atoms with Crippen LogP contribution in [0.5, 0.6) is 5.75 Å².